The molecule has 234 valence electrons. The van der Waals surface area contributed by atoms with E-state index in [4.69, 9.17) is 8.83 Å². The van der Waals surface area contributed by atoms with Crippen molar-refractivity contribution in [3.63, 3.8) is 0 Å². The highest BCUT2D eigenvalue weighted by Gasteiger charge is 2.23. The van der Waals surface area contributed by atoms with Crippen LogP contribution in [0.2, 0.25) is 0 Å². The predicted octanol–water partition coefficient (Wildman–Crippen LogP) is 13.2. The number of anilines is 3. The van der Waals surface area contributed by atoms with E-state index >= 15 is 0 Å². The van der Waals surface area contributed by atoms with E-state index in [1.807, 2.05) is 12.1 Å². The van der Waals surface area contributed by atoms with Crippen LogP contribution in [0.25, 0.3) is 82.1 Å². The molecule has 11 aromatic rings. The van der Waals surface area contributed by atoms with E-state index in [-0.39, 0.29) is 0 Å². The Kier molecular flexibility index (Phi) is 5.63. The first-order valence-electron chi connectivity index (χ1n) is 16.9. The number of hydrogen-bond donors (Lipinski definition) is 0. The van der Waals surface area contributed by atoms with Gasteiger partial charge in [0.15, 0.2) is 0 Å². The molecule has 4 nitrogen and oxygen atoms in total. The topological polar surface area (TPSA) is 34.5 Å². The van der Waals surface area contributed by atoms with Gasteiger partial charge in [-0.05, 0) is 78.2 Å². The van der Waals surface area contributed by atoms with E-state index in [0.717, 1.165) is 82.9 Å². The summed E-state index contributed by atoms with van der Waals surface area (Å²) in [5.74, 6) is 0. The Labute approximate surface area is 286 Å². The maximum Gasteiger partial charge on any atom is 0.143 e. The molecule has 4 heteroatoms. The van der Waals surface area contributed by atoms with Crippen LogP contribution in [0.3, 0.4) is 0 Å². The number of rotatable bonds is 4. The monoisotopic (exact) mass is 640 g/mol. The third kappa shape index (κ3) is 3.87. The van der Waals surface area contributed by atoms with Crippen molar-refractivity contribution in [2.75, 3.05) is 4.90 Å². The lowest BCUT2D eigenvalue weighted by Gasteiger charge is -2.26. The second-order valence-corrected chi connectivity index (χ2v) is 12.9. The average Bonchev–Trinajstić information content (AvgIpc) is 3.85. The molecular formula is C46H28N2O2. The second kappa shape index (κ2) is 10.4. The summed E-state index contributed by atoms with van der Waals surface area (Å²) < 4.78 is 15.5. The molecule has 11 rings (SSSR count). The van der Waals surface area contributed by atoms with Gasteiger partial charge in [-0.2, -0.15) is 0 Å². The summed E-state index contributed by atoms with van der Waals surface area (Å²) in [6.45, 7) is 0. The van der Waals surface area contributed by atoms with Crippen molar-refractivity contribution >= 4 is 93.5 Å². The van der Waals surface area contributed by atoms with Gasteiger partial charge in [0.1, 0.15) is 22.3 Å². The molecule has 0 aliphatic rings. The summed E-state index contributed by atoms with van der Waals surface area (Å²) in [6.07, 6.45) is 0. The van der Waals surface area contributed by atoms with Gasteiger partial charge in [-0.15, -0.1) is 0 Å². The summed E-state index contributed by atoms with van der Waals surface area (Å²) in [4.78, 5) is 2.35. The maximum atomic E-state index is 6.67. The maximum absolute atomic E-state index is 6.67. The highest BCUT2D eigenvalue weighted by molar-refractivity contribution is 6.20. The molecule has 0 amide bonds. The number of benzene rings is 8. The molecule has 0 saturated carbocycles. The van der Waals surface area contributed by atoms with Crippen molar-refractivity contribution in [2.45, 2.75) is 0 Å². The largest absolute Gasteiger partial charge is 0.456 e. The summed E-state index contributed by atoms with van der Waals surface area (Å²) in [5, 5.41) is 9.04. The normalized spacial score (nSPS) is 12.0. The molecule has 0 aliphatic carbocycles. The van der Waals surface area contributed by atoms with Crippen LogP contribution in [-0.4, -0.2) is 4.57 Å². The third-order valence-corrected chi connectivity index (χ3v) is 10.2. The van der Waals surface area contributed by atoms with E-state index in [1.165, 1.54) is 16.3 Å². The fourth-order valence-electron chi connectivity index (χ4n) is 7.96. The standard InChI is InChI=1S/C46H28N2O2/c1-2-12-30(13-3-1)48-39-17-8-6-15-34(39)38-27-31(23-26-40(38)48)47(32-22-25-36-35-16-7-9-19-42(35)49-44(36)28-32)41-18-10-20-43-45(41)37-24-21-29-11-4-5-14-33(29)46(37)50-43/h1-28H. The lowest BCUT2D eigenvalue weighted by atomic mass is 10.0. The summed E-state index contributed by atoms with van der Waals surface area (Å²) in [6, 6.07) is 60.1. The molecule has 8 aromatic carbocycles. The van der Waals surface area contributed by atoms with Gasteiger partial charge >= 0.3 is 0 Å². The highest BCUT2D eigenvalue weighted by Crippen LogP contribution is 2.46. The van der Waals surface area contributed by atoms with Crippen LogP contribution in [-0.2, 0) is 0 Å². The zero-order valence-corrected chi connectivity index (χ0v) is 26.9. The molecular weight excluding hydrogens is 613 g/mol. The van der Waals surface area contributed by atoms with Crippen molar-refractivity contribution in [2.24, 2.45) is 0 Å². The minimum Gasteiger partial charge on any atom is -0.456 e. The molecule has 3 aromatic heterocycles. The number of nitrogens with zero attached hydrogens (tertiary/aromatic N) is 2. The zero-order valence-electron chi connectivity index (χ0n) is 26.9. The molecule has 3 heterocycles. The van der Waals surface area contributed by atoms with Crippen LogP contribution in [0.4, 0.5) is 17.1 Å². The SMILES string of the molecule is c1ccc(-n2c3ccccc3c3cc(N(c4ccc5c(c4)oc4ccccc45)c4cccc5oc6c7ccccc7ccc6c45)ccc32)cc1. The Morgan fingerprint density at radius 2 is 1.08 bits per heavy atom. The van der Waals surface area contributed by atoms with Crippen LogP contribution in [0, 0.1) is 0 Å². The van der Waals surface area contributed by atoms with E-state index in [0.29, 0.717) is 0 Å². The lowest BCUT2D eigenvalue weighted by Crippen LogP contribution is -2.10. The Hall–Kier alpha value is -6.78. The number of aromatic nitrogens is 1. The third-order valence-electron chi connectivity index (χ3n) is 10.2. The van der Waals surface area contributed by atoms with Gasteiger partial charge in [-0.1, -0.05) is 91.0 Å². The van der Waals surface area contributed by atoms with E-state index in [9.17, 15) is 0 Å². The second-order valence-electron chi connectivity index (χ2n) is 12.9. The smallest absolute Gasteiger partial charge is 0.143 e. The number of hydrogen-bond acceptors (Lipinski definition) is 3. The van der Waals surface area contributed by atoms with Gasteiger partial charge in [0.25, 0.3) is 0 Å². The fraction of sp³-hybridized carbons (Fsp3) is 0. The summed E-state index contributed by atoms with van der Waals surface area (Å²) in [7, 11) is 0. The quantitative estimate of drug-likeness (QED) is 0.192. The summed E-state index contributed by atoms with van der Waals surface area (Å²) in [5.41, 5.74) is 10.1. The number of fused-ring (bicyclic) bond motifs is 11. The van der Waals surface area contributed by atoms with Crippen LogP contribution in [0.15, 0.2) is 179 Å². The van der Waals surface area contributed by atoms with Crippen LogP contribution in [0.5, 0.6) is 0 Å². The van der Waals surface area contributed by atoms with Crippen LogP contribution in [0.1, 0.15) is 0 Å². The van der Waals surface area contributed by atoms with Gasteiger partial charge in [-0.25, -0.2) is 0 Å². The molecule has 0 aliphatic heterocycles. The molecule has 0 atom stereocenters. The van der Waals surface area contributed by atoms with Crippen LogP contribution < -0.4 is 4.90 Å². The Balaban J connectivity index is 1.22. The van der Waals surface area contributed by atoms with Crippen molar-refractivity contribution < 1.29 is 8.83 Å². The molecule has 0 N–H and O–H groups in total. The average molecular weight is 641 g/mol. The first-order valence-corrected chi connectivity index (χ1v) is 16.9. The first-order chi connectivity index (χ1) is 24.8. The van der Waals surface area contributed by atoms with Crippen LogP contribution >= 0.6 is 0 Å². The molecule has 0 bridgehead atoms. The van der Waals surface area contributed by atoms with E-state index in [2.05, 4.69) is 167 Å². The number of para-hydroxylation sites is 3. The van der Waals surface area contributed by atoms with Gasteiger partial charge in [0, 0.05) is 55.4 Å². The minimum absolute atomic E-state index is 0.852. The lowest BCUT2D eigenvalue weighted by molar-refractivity contribution is 0.669. The minimum atomic E-state index is 0.852. The van der Waals surface area contributed by atoms with E-state index < -0.39 is 0 Å². The predicted molar refractivity (Wildman–Crippen MR) is 208 cm³/mol. The Morgan fingerprint density at radius 3 is 2.00 bits per heavy atom. The van der Waals surface area contributed by atoms with Crippen molar-refractivity contribution in [1.82, 2.24) is 4.57 Å². The number of furan rings is 2. The Morgan fingerprint density at radius 1 is 0.400 bits per heavy atom. The van der Waals surface area contributed by atoms with Crippen molar-refractivity contribution in [1.29, 1.82) is 0 Å². The van der Waals surface area contributed by atoms with Gasteiger partial charge < -0.3 is 18.3 Å². The summed E-state index contributed by atoms with van der Waals surface area (Å²) >= 11 is 0. The fourth-order valence-corrected chi connectivity index (χ4v) is 7.96. The van der Waals surface area contributed by atoms with Gasteiger partial charge in [0.05, 0.1) is 22.1 Å². The van der Waals surface area contributed by atoms with Crippen molar-refractivity contribution in [3.8, 4) is 5.69 Å². The highest BCUT2D eigenvalue weighted by atomic mass is 16.3. The van der Waals surface area contributed by atoms with Gasteiger partial charge in [-0.3, -0.25) is 0 Å². The van der Waals surface area contributed by atoms with Gasteiger partial charge in [0.2, 0.25) is 0 Å². The molecule has 0 spiro atoms. The molecule has 50 heavy (non-hydrogen) atoms. The first kappa shape index (κ1) is 27.2. The zero-order chi connectivity index (χ0) is 32.8. The van der Waals surface area contributed by atoms with Crippen molar-refractivity contribution in [3.05, 3.63) is 170 Å². The molecule has 0 saturated heterocycles. The van der Waals surface area contributed by atoms with E-state index in [1.54, 1.807) is 0 Å². The Bertz CT molecular complexity index is 3110. The molecule has 0 fully saturated rings. The molecule has 0 radical (unpaired) electrons. The molecule has 0 unspecified atom stereocenters.